The second-order valence-electron chi connectivity index (χ2n) is 8.64. The maximum Gasteiger partial charge on any atom is 0.328 e. The third-order valence-corrected chi connectivity index (χ3v) is 7.57. The number of rotatable bonds is 8. The van der Waals surface area contributed by atoms with Gasteiger partial charge in [-0.1, -0.05) is 24.3 Å². The molecule has 2 atom stereocenters. The second kappa shape index (κ2) is 12.0. The Labute approximate surface area is 210 Å². The largest absolute Gasteiger partial charge is 0.467 e. The maximum atomic E-state index is 13.5. The number of sulfonamides is 1. The molecule has 0 aliphatic carbocycles. The Hall–Kier alpha value is -3.51. The smallest absolute Gasteiger partial charge is 0.328 e. The maximum absolute atomic E-state index is 13.5. The summed E-state index contributed by atoms with van der Waals surface area (Å²) in [7, 11) is -2.86. The van der Waals surface area contributed by atoms with Crippen molar-refractivity contribution in [2.75, 3.05) is 26.7 Å². The van der Waals surface area contributed by atoms with Gasteiger partial charge in [0, 0.05) is 44.5 Å². The quantitative estimate of drug-likeness (QED) is 0.494. The van der Waals surface area contributed by atoms with Crippen molar-refractivity contribution in [3.63, 3.8) is 0 Å². The molecule has 1 fully saturated rings. The summed E-state index contributed by atoms with van der Waals surface area (Å²) in [4.78, 5) is 44.1. The van der Waals surface area contributed by atoms with Crippen LogP contribution >= 0.6 is 0 Å². The van der Waals surface area contributed by atoms with E-state index >= 15 is 0 Å². The summed E-state index contributed by atoms with van der Waals surface area (Å²) in [6.07, 6.45) is 3.25. The van der Waals surface area contributed by atoms with E-state index < -0.39 is 40.0 Å². The fourth-order valence-corrected chi connectivity index (χ4v) is 5.47. The zero-order valence-corrected chi connectivity index (χ0v) is 21.3. The number of aromatic nitrogens is 1. The van der Waals surface area contributed by atoms with E-state index in [9.17, 15) is 22.8 Å². The van der Waals surface area contributed by atoms with Gasteiger partial charge in [0.15, 0.2) is 0 Å². The lowest BCUT2D eigenvalue weighted by atomic mass is 10.1. The predicted octanol–water partition coefficient (Wildman–Crippen LogP) is 0.775. The standard InChI is InChI=1S/C24H31N5O6S/c1-17(2)26-24(32)28-12-13-29(36(33,34)19-9-5-4-6-10-19)21(16-28)22(30)27-20(23(31)35-3)14-18-8-7-11-25-15-18/h4-11,15,17,20-21H,12-14,16H2,1-3H3,(H,26,32)(H,27,30)/t20-,21+/m1/s1. The Morgan fingerprint density at radius 2 is 1.81 bits per heavy atom. The van der Waals surface area contributed by atoms with Gasteiger partial charge in [-0.2, -0.15) is 4.31 Å². The van der Waals surface area contributed by atoms with Gasteiger partial charge in [0.1, 0.15) is 12.1 Å². The number of carbonyl (C=O) groups excluding carboxylic acids is 3. The van der Waals surface area contributed by atoms with Crippen molar-refractivity contribution in [1.82, 2.24) is 24.8 Å². The number of carbonyl (C=O) groups is 3. The first-order valence-corrected chi connectivity index (χ1v) is 13.0. The van der Waals surface area contributed by atoms with Gasteiger partial charge in [-0.15, -0.1) is 0 Å². The Bertz CT molecular complexity index is 1160. The summed E-state index contributed by atoms with van der Waals surface area (Å²) in [6.45, 7) is 3.43. The number of methoxy groups -OCH3 is 1. The molecule has 2 N–H and O–H groups in total. The number of ether oxygens (including phenoxy) is 1. The molecule has 0 bridgehead atoms. The molecule has 1 saturated heterocycles. The number of benzene rings is 1. The minimum Gasteiger partial charge on any atom is -0.467 e. The number of nitrogens with zero attached hydrogens (tertiary/aromatic N) is 3. The second-order valence-corrected chi connectivity index (χ2v) is 10.5. The molecule has 1 aromatic carbocycles. The molecule has 0 unspecified atom stereocenters. The first-order chi connectivity index (χ1) is 17.1. The van der Waals surface area contributed by atoms with Gasteiger partial charge < -0.3 is 20.3 Å². The molecular formula is C24H31N5O6S. The highest BCUT2D eigenvalue weighted by atomic mass is 32.2. The van der Waals surface area contributed by atoms with E-state index in [0.717, 1.165) is 4.31 Å². The van der Waals surface area contributed by atoms with E-state index in [2.05, 4.69) is 15.6 Å². The number of esters is 1. The first-order valence-electron chi connectivity index (χ1n) is 11.5. The summed E-state index contributed by atoms with van der Waals surface area (Å²) in [5.74, 6) is -1.40. The van der Waals surface area contributed by atoms with Crippen LogP contribution in [0.3, 0.4) is 0 Å². The fraction of sp³-hybridized carbons (Fsp3) is 0.417. The van der Waals surface area contributed by atoms with Gasteiger partial charge in [-0.3, -0.25) is 9.78 Å². The van der Waals surface area contributed by atoms with Crippen LogP contribution in [0.5, 0.6) is 0 Å². The van der Waals surface area contributed by atoms with Crippen LogP contribution in [-0.4, -0.2) is 85.4 Å². The average molecular weight is 518 g/mol. The molecule has 0 saturated carbocycles. The molecule has 12 heteroatoms. The Balaban J connectivity index is 1.90. The molecule has 0 spiro atoms. The molecule has 1 aromatic heterocycles. The number of pyridine rings is 1. The molecule has 0 radical (unpaired) electrons. The van der Waals surface area contributed by atoms with Crippen molar-refractivity contribution in [1.29, 1.82) is 0 Å². The zero-order valence-electron chi connectivity index (χ0n) is 20.5. The summed E-state index contributed by atoms with van der Waals surface area (Å²) < 4.78 is 32.8. The Morgan fingerprint density at radius 3 is 2.42 bits per heavy atom. The SMILES string of the molecule is COC(=O)[C@@H](Cc1cccnc1)NC(=O)[C@@H]1CN(C(=O)NC(C)C)CCN1S(=O)(=O)c1ccccc1. The summed E-state index contributed by atoms with van der Waals surface area (Å²) in [5.41, 5.74) is 0.684. The van der Waals surface area contributed by atoms with E-state index in [-0.39, 0.29) is 37.0 Å². The average Bonchev–Trinajstić information content (AvgIpc) is 2.88. The lowest BCUT2D eigenvalue weighted by Gasteiger charge is -2.40. The highest BCUT2D eigenvalue weighted by Gasteiger charge is 2.42. The van der Waals surface area contributed by atoms with Crippen molar-refractivity contribution in [2.24, 2.45) is 0 Å². The van der Waals surface area contributed by atoms with Crippen LogP contribution in [0.2, 0.25) is 0 Å². The van der Waals surface area contributed by atoms with E-state index in [4.69, 9.17) is 4.74 Å². The van der Waals surface area contributed by atoms with Gasteiger partial charge in [0.05, 0.1) is 12.0 Å². The van der Waals surface area contributed by atoms with Gasteiger partial charge in [-0.25, -0.2) is 18.0 Å². The third-order valence-electron chi connectivity index (χ3n) is 5.65. The minimum atomic E-state index is -4.06. The fourth-order valence-electron chi connectivity index (χ4n) is 3.88. The van der Waals surface area contributed by atoms with Crippen LogP contribution < -0.4 is 10.6 Å². The Kier molecular flexibility index (Phi) is 8.99. The molecule has 3 amide bonds. The molecule has 3 rings (SSSR count). The Morgan fingerprint density at radius 1 is 1.08 bits per heavy atom. The van der Waals surface area contributed by atoms with Crippen LogP contribution in [-0.2, 0) is 30.8 Å². The predicted molar refractivity (Wildman–Crippen MR) is 131 cm³/mol. The van der Waals surface area contributed by atoms with Crippen molar-refractivity contribution < 1.29 is 27.5 Å². The van der Waals surface area contributed by atoms with Crippen LogP contribution in [0.25, 0.3) is 0 Å². The van der Waals surface area contributed by atoms with E-state index in [1.165, 1.54) is 24.1 Å². The van der Waals surface area contributed by atoms with Crippen molar-refractivity contribution in [3.8, 4) is 0 Å². The van der Waals surface area contributed by atoms with E-state index in [1.807, 2.05) is 0 Å². The number of urea groups is 1. The van der Waals surface area contributed by atoms with Crippen molar-refractivity contribution in [2.45, 2.75) is 43.3 Å². The van der Waals surface area contributed by atoms with Gasteiger partial charge in [0.2, 0.25) is 15.9 Å². The van der Waals surface area contributed by atoms with Gasteiger partial charge in [-0.05, 0) is 37.6 Å². The zero-order chi connectivity index (χ0) is 26.3. The van der Waals surface area contributed by atoms with Crippen molar-refractivity contribution >= 4 is 27.9 Å². The van der Waals surface area contributed by atoms with Crippen LogP contribution in [0.4, 0.5) is 4.79 Å². The topological polar surface area (TPSA) is 138 Å². The van der Waals surface area contributed by atoms with E-state index in [0.29, 0.717) is 5.56 Å². The summed E-state index contributed by atoms with van der Waals surface area (Å²) in [6, 6.07) is 8.34. The number of hydrogen-bond acceptors (Lipinski definition) is 7. The van der Waals surface area contributed by atoms with Crippen LogP contribution in [0, 0.1) is 0 Å². The number of nitrogens with one attached hydrogen (secondary N) is 2. The number of piperazine rings is 1. The molecule has 2 heterocycles. The molecule has 1 aliphatic rings. The first kappa shape index (κ1) is 27.1. The molecule has 2 aromatic rings. The molecule has 36 heavy (non-hydrogen) atoms. The molecular weight excluding hydrogens is 486 g/mol. The summed E-state index contributed by atoms with van der Waals surface area (Å²) >= 11 is 0. The summed E-state index contributed by atoms with van der Waals surface area (Å²) in [5, 5.41) is 5.40. The lowest BCUT2D eigenvalue weighted by Crippen LogP contribution is -2.64. The monoisotopic (exact) mass is 517 g/mol. The van der Waals surface area contributed by atoms with Gasteiger partial charge in [0.25, 0.3) is 0 Å². The molecule has 11 nitrogen and oxygen atoms in total. The van der Waals surface area contributed by atoms with Crippen molar-refractivity contribution in [3.05, 3.63) is 60.4 Å². The van der Waals surface area contributed by atoms with Crippen LogP contribution in [0.1, 0.15) is 19.4 Å². The third kappa shape index (κ3) is 6.58. The lowest BCUT2D eigenvalue weighted by molar-refractivity contribution is -0.145. The normalized spacial score (nSPS) is 17.3. The minimum absolute atomic E-state index is 0.0303. The molecule has 194 valence electrons. The van der Waals surface area contributed by atoms with E-state index in [1.54, 1.807) is 56.6 Å². The highest BCUT2D eigenvalue weighted by molar-refractivity contribution is 7.89. The highest BCUT2D eigenvalue weighted by Crippen LogP contribution is 2.22. The number of amides is 3. The van der Waals surface area contributed by atoms with Crippen LogP contribution in [0.15, 0.2) is 59.8 Å². The molecule has 1 aliphatic heterocycles. The number of hydrogen-bond donors (Lipinski definition) is 2. The van der Waals surface area contributed by atoms with Gasteiger partial charge >= 0.3 is 12.0 Å².